The number of nitrogens with two attached hydrogens (primary N) is 1. The van der Waals surface area contributed by atoms with E-state index >= 15 is 0 Å². The summed E-state index contributed by atoms with van der Waals surface area (Å²) in [5.74, 6) is 0.376. The van der Waals surface area contributed by atoms with Gasteiger partial charge >= 0.3 is 0 Å². The maximum Gasteiger partial charge on any atom is 0.240 e. The van der Waals surface area contributed by atoms with Crippen molar-refractivity contribution in [2.24, 2.45) is 11.7 Å². The van der Waals surface area contributed by atoms with Gasteiger partial charge in [-0.1, -0.05) is 6.07 Å². The molecule has 3 nitrogen and oxygen atoms in total. The fourth-order valence-corrected chi connectivity index (χ4v) is 2.52. The van der Waals surface area contributed by atoms with Gasteiger partial charge in [0.15, 0.2) is 0 Å². The maximum absolute atomic E-state index is 11.8. The van der Waals surface area contributed by atoms with Gasteiger partial charge in [-0.05, 0) is 43.6 Å². The first kappa shape index (κ1) is 11.6. The van der Waals surface area contributed by atoms with E-state index in [2.05, 4.69) is 16.8 Å². The van der Waals surface area contributed by atoms with Crippen LogP contribution >= 0.6 is 11.3 Å². The van der Waals surface area contributed by atoms with E-state index in [-0.39, 0.29) is 5.91 Å². The van der Waals surface area contributed by atoms with Gasteiger partial charge in [0.1, 0.15) is 0 Å². The third-order valence-corrected chi connectivity index (χ3v) is 4.09. The second-order valence-electron chi connectivity index (χ2n) is 4.64. The molecule has 1 saturated carbocycles. The molecule has 88 valence electrons. The highest BCUT2D eigenvalue weighted by molar-refractivity contribution is 7.09. The smallest absolute Gasteiger partial charge is 0.240 e. The average Bonchev–Trinajstić information content (AvgIpc) is 2.99. The molecular weight excluding hydrogens is 220 g/mol. The lowest BCUT2D eigenvalue weighted by Gasteiger charge is -2.22. The van der Waals surface area contributed by atoms with Gasteiger partial charge in [0, 0.05) is 11.4 Å². The standard InChI is InChI=1S/C12H18N2OS/c1-12(13,9-4-5-9)11(15)14-7-6-10-3-2-8-16-10/h2-3,8-9H,4-7,13H2,1H3,(H,14,15). The van der Waals surface area contributed by atoms with Gasteiger partial charge in [-0.15, -0.1) is 11.3 Å². The van der Waals surface area contributed by atoms with Crippen LogP contribution in [0, 0.1) is 5.92 Å². The van der Waals surface area contributed by atoms with E-state index in [0.717, 1.165) is 19.3 Å². The summed E-state index contributed by atoms with van der Waals surface area (Å²) in [7, 11) is 0. The number of thiophene rings is 1. The molecule has 1 amide bonds. The zero-order valence-corrected chi connectivity index (χ0v) is 10.3. The van der Waals surface area contributed by atoms with Crippen LogP contribution in [0.15, 0.2) is 17.5 Å². The largest absolute Gasteiger partial charge is 0.354 e. The minimum atomic E-state index is -0.671. The van der Waals surface area contributed by atoms with Gasteiger partial charge < -0.3 is 11.1 Å². The zero-order valence-electron chi connectivity index (χ0n) is 9.53. The van der Waals surface area contributed by atoms with E-state index in [4.69, 9.17) is 5.73 Å². The number of carbonyl (C=O) groups is 1. The first-order valence-electron chi connectivity index (χ1n) is 5.70. The first-order valence-corrected chi connectivity index (χ1v) is 6.58. The van der Waals surface area contributed by atoms with Crippen LogP contribution in [0.3, 0.4) is 0 Å². The molecule has 0 aromatic carbocycles. The van der Waals surface area contributed by atoms with Crippen LogP contribution in [0.4, 0.5) is 0 Å². The Morgan fingerprint density at radius 1 is 1.69 bits per heavy atom. The number of hydrogen-bond acceptors (Lipinski definition) is 3. The van der Waals surface area contributed by atoms with E-state index in [1.807, 2.05) is 13.0 Å². The summed E-state index contributed by atoms with van der Waals surface area (Å²) in [5.41, 5.74) is 5.34. The van der Waals surface area contributed by atoms with Gasteiger partial charge in [-0.25, -0.2) is 0 Å². The molecule has 0 bridgehead atoms. The molecule has 0 aliphatic heterocycles. The van der Waals surface area contributed by atoms with Crippen molar-refractivity contribution in [2.45, 2.75) is 31.7 Å². The van der Waals surface area contributed by atoms with Crippen LogP contribution in [0.25, 0.3) is 0 Å². The Morgan fingerprint density at radius 2 is 2.44 bits per heavy atom. The highest BCUT2D eigenvalue weighted by atomic mass is 32.1. The highest BCUT2D eigenvalue weighted by Crippen LogP contribution is 2.38. The van der Waals surface area contributed by atoms with Crippen LogP contribution in [0.1, 0.15) is 24.6 Å². The molecule has 1 aromatic heterocycles. The van der Waals surface area contributed by atoms with Crippen LogP contribution < -0.4 is 11.1 Å². The van der Waals surface area contributed by atoms with Crippen molar-refractivity contribution in [1.82, 2.24) is 5.32 Å². The van der Waals surface area contributed by atoms with Crippen LogP contribution in [-0.2, 0) is 11.2 Å². The van der Waals surface area contributed by atoms with E-state index in [1.165, 1.54) is 4.88 Å². The van der Waals surface area contributed by atoms with E-state index in [1.54, 1.807) is 11.3 Å². The van der Waals surface area contributed by atoms with Crippen LogP contribution in [-0.4, -0.2) is 18.0 Å². The predicted molar refractivity (Wildman–Crippen MR) is 66.3 cm³/mol. The lowest BCUT2D eigenvalue weighted by atomic mass is 9.96. The van der Waals surface area contributed by atoms with Crippen molar-refractivity contribution in [1.29, 1.82) is 0 Å². The Labute approximate surface area is 100 Å². The number of amides is 1. The molecular formula is C12H18N2OS. The van der Waals surface area contributed by atoms with Gasteiger partial charge in [0.05, 0.1) is 5.54 Å². The predicted octanol–water partition coefficient (Wildman–Crippen LogP) is 1.53. The molecule has 1 aliphatic rings. The molecule has 1 atom stereocenters. The van der Waals surface area contributed by atoms with Crippen LogP contribution in [0.2, 0.25) is 0 Å². The number of nitrogens with one attached hydrogen (secondary N) is 1. The van der Waals surface area contributed by atoms with Crippen molar-refractivity contribution in [3.8, 4) is 0 Å². The molecule has 1 unspecified atom stereocenters. The quantitative estimate of drug-likeness (QED) is 0.817. The number of carbonyl (C=O) groups excluding carboxylic acids is 1. The minimum Gasteiger partial charge on any atom is -0.354 e. The lowest BCUT2D eigenvalue weighted by molar-refractivity contribution is -0.126. The molecule has 3 N–H and O–H groups in total. The molecule has 1 aromatic rings. The Hall–Kier alpha value is -0.870. The average molecular weight is 238 g/mol. The molecule has 2 rings (SSSR count). The number of rotatable bonds is 5. The zero-order chi connectivity index (χ0) is 11.6. The first-order chi connectivity index (χ1) is 7.60. The highest BCUT2D eigenvalue weighted by Gasteiger charge is 2.43. The SMILES string of the molecule is CC(N)(C(=O)NCCc1cccs1)C1CC1. The molecule has 0 radical (unpaired) electrons. The molecule has 1 heterocycles. The summed E-state index contributed by atoms with van der Waals surface area (Å²) in [4.78, 5) is 13.1. The van der Waals surface area contributed by atoms with E-state index in [0.29, 0.717) is 12.5 Å². The van der Waals surface area contributed by atoms with E-state index < -0.39 is 5.54 Å². The summed E-state index contributed by atoms with van der Waals surface area (Å²) < 4.78 is 0. The van der Waals surface area contributed by atoms with Crippen molar-refractivity contribution in [3.63, 3.8) is 0 Å². The Kier molecular flexibility index (Phi) is 3.30. The van der Waals surface area contributed by atoms with Crippen LogP contribution in [0.5, 0.6) is 0 Å². The van der Waals surface area contributed by atoms with Gasteiger partial charge in [0.25, 0.3) is 0 Å². The fourth-order valence-electron chi connectivity index (χ4n) is 1.81. The Morgan fingerprint density at radius 3 is 3.00 bits per heavy atom. The molecule has 1 aliphatic carbocycles. The van der Waals surface area contributed by atoms with Crippen molar-refractivity contribution in [2.75, 3.05) is 6.54 Å². The Balaban J connectivity index is 1.75. The molecule has 1 fully saturated rings. The third kappa shape index (κ3) is 2.62. The molecule has 4 heteroatoms. The normalized spacial score (nSPS) is 19.1. The molecule has 0 spiro atoms. The van der Waals surface area contributed by atoms with Crippen molar-refractivity contribution in [3.05, 3.63) is 22.4 Å². The third-order valence-electron chi connectivity index (χ3n) is 3.15. The van der Waals surface area contributed by atoms with Gasteiger partial charge in [-0.3, -0.25) is 4.79 Å². The second kappa shape index (κ2) is 4.55. The van der Waals surface area contributed by atoms with Crippen molar-refractivity contribution < 1.29 is 4.79 Å². The minimum absolute atomic E-state index is 0.00782. The summed E-state index contributed by atoms with van der Waals surface area (Å²) in [5, 5.41) is 4.98. The maximum atomic E-state index is 11.8. The summed E-state index contributed by atoms with van der Waals surface area (Å²) in [6, 6.07) is 4.11. The van der Waals surface area contributed by atoms with Crippen molar-refractivity contribution >= 4 is 17.2 Å². The summed E-state index contributed by atoms with van der Waals surface area (Å²) in [6.07, 6.45) is 3.07. The second-order valence-corrected chi connectivity index (χ2v) is 5.67. The van der Waals surface area contributed by atoms with E-state index in [9.17, 15) is 4.79 Å². The fraction of sp³-hybridized carbons (Fsp3) is 0.583. The lowest BCUT2D eigenvalue weighted by Crippen LogP contribution is -2.53. The van der Waals surface area contributed by atoms with Gasteiger partial charge in [-0.2, -0.15) is 0 Å². The molecule has 0 saturated heterocycles. The van der Waals surface area contributed by atoms with Gasteiger partial charge in [0.2, 0.25) is 5.91 Å². The molecule has 16 heavy (non-hydrogen) atoms. The summed E-state index contributed by atoms with van der Waals surface area (Å²) >= 11 is 1.72. The number of hydrogen-bond donors (Lipinski definition) is 2. The Bertz CT molecular complexity index is 355. The topological polar surface area (TPSA) is 55.1 Å². The monoisotopic (exact) mass is 238 g/mol. The summed E-state index contributed by atoms with van der Waals surface area (Å²) in [6.45, 7) is 2.52.